The third kappa shape index (κ3) is 4.40. The second kappa shape index (κ2) is 8.58. The van der Waals surface area contributed by atoms with Gasteiger partial charge in [0.05, 0.1) is 4.90 Å². The summed E-state index contributed by atoms with van der Waals surface area (Å²) in [6.45, 7) is 3.58. The lowest BCUT2D eigenvalue weighted by molar-refractivity contribution is 0.0950. The molecule has 1 saturated heterocycles. The van der Waals surface area contributed by atoms with Crippen molar-refractivity contribution < 1.29 is 13.2 Å². The van der Waals surface area contributed by atoms with Crippen LogP contribution in [0.1, 0.15) is 35.7 Å². The van der Waals surface area contributed by atoms with Crippen molar-refractivity contribution in [1.82, 2.24) is 9.62 Å². The minimum Gasteiger partial charge on any atom is -0.348 e. The van der Waals surface area contributed by atoms with Crippen LogP contribution >= 0.6 is 0 Å². The summed E-state index contributed by atoms with van der Waals surface area (Å²) >= 11 is 0. The molecule has 4 rings (SSSR count). The van der Waals surface area contributed by atoms with Gasteiger partial charge in [0, 0.05) is 25.2 Å². The summed E-state index contributed by atoms with van der Waals surface area (Å²) in [6, 6.07) is 20.4. The van der Waals surface area contributed by atoms with Crippen LogP contribution in [0.4, 0.5) is 0 Å². The van der Waals surface area contributed by atoms with Crippen LogP contribution in [0.5, 0.6) is 0 Å². The highest BCUT2D eigenvalue weighted by Crippen LogP contribution is 2.24. The predicted molar refractivity (Wildman–Crippen MR) is 119 cm³/mol. The lowest BCUT2D eigenvalue weighted by Crippen LogP contribution is -2.38. The number of hydrogen-bond acceptors (Lipinski definition) is 3. The average molecular weight is 423 g/mol. The Kier molecular flexibility index (Phi) is 5.88. The molecule has 0 unspecified atom stereocenters. The SMILES string of the molecule is CC1CCN(S(=O)(=O)c2cccc(C(=O)NCc3ccc4ccccc4c3)c2)CC1. The van der Waals surface area contributed by atoms with E-state index in [-0.39, 0.29) is 10.8 Å². The van der Waals surface area contributed by atoms with E-state index in [0.29, 0.717) is 31.1 Å². The smallest absolute Gasteiger partial charge is 0.251 e. The second-order valence-corrected chi connectivity index (χ2v) is 9.92. The van der Waals surface area contributed by atoms with Crippen molar-refractivity contribution >= 4 is 26.7 Å². The quantitative estimate of drug-likeness (QED) is 0.670. The highest BCUT2D eigenvalue weighted by molar-refractivity contribution is 7.89. The van der Waals surface area contributed by atoms with Gasteiger partial charge < -0.3 is 5.32 Å². The summed E-state index contributed by atoms with van der Waals surface area (Å²) < 4.78 is 27.5. The molecule has 0 spiro atoms. The first kappa shape index (κ1) is 20.6. The number of nitrogens with zero attached hydrogens (tertiary/aromatic N) is 1. The van der Waals surface area contributed by atoms with Gasteiger partial charge in [0.25, 0.3) is 5.91 Å². The van der Waals surface area contributed by atoms with Gasteiger partial charge in [-0.2, -0.15) is 4.31 Å². The molecule has 6 heteroatoms. The van der Waals surface area contributed by atoms with E-state index in [9.17, 15) is 13.2 Å². The maximum atomic E-state index is 13.0. The maximum Gasteiger partial charge on any atom is 0.251 e. The molecule has 0 atom stereocenters. The number of rotatable bonds is 5. The molecule has 3 aromatic carbocycles. The molecule has 0 aliphatic carbocycles. The Morgan fingerprint density at radius 2 is 1.70 bits per heavy atom. The summed E-state index contributed by atoms with van der Waals surface area (Å²) in [4.78, 5) is 12.8. The molecule has 3 aromatic rings. The first-order chi connectivity index (χ1) is 14.4. The fraction of sp³-hybridized carbons (Fsp3) is 0.292. The van der Waals surface area contributed by atoms with Crippen molar-refractivity contribution in [2.45, 2.75) is 31.2 Å². The summed E-state index contributed by atoms with van der Waals surface area (Å²) in [5.41, 5.74) is 1.34. The first-order valence-corrected chi connectivity index (χ1v) is 11.7. The van der Waals surface area contributed by atoms with Crippen LogP contribution in [0.2, 0.25) is 0 Å². The van der Waals surface area contributed by atoms with Gasteiger partial charge in [0.2, 0.25) is 10.0 Å². The second-order valence-electron chi connectivity index (χ2n) is 7.98. The minimum atomic E-state index is -3.58. The molecule has 1 amide bonds. The van der Waals surface area contributed by atoms with E-state index in [2.05, 4.69) is 12.2 Å². The third-order valence-electron chi connectivity index (χ3n) is 5.74. The Hall–Kier alpha value is -2.70. The zero-order valence-corrected chi connectivity index (χ0v) is 17.9. The van der Waals surface area contributed by atoms with Crippen LogP contribution < -0.4 is 5.32 Å². The molecule has 1 fully saturated rings. The van der Waals surface area contributed by atoms with E-state index < -0.39 is 10.0 Å². The van der Waals surface area contributed by atoms with Crippen LogP contribution in [0, 0.1) is 5.92 Å². The molecular weight excluding hydrogens is 396 g/mol. The van der Waals surface area contributed by atoms with Crippen molar-refractivity contribution in [2.24, 2.45) is 5.92 Å². The Morgan fingerprint density at radius 1 is 0.967 bits per heavy atom. The van der Waals surface area contributed by atoms with Crippen molar-refractivity contribution in [3.05, 3.63) is 77.9 Å². The number of nitrogens with one attached hydrogen (secondary N) is 1. The number of benzene rings is 3. The Bertz CT molecular complexity index is 1170. The van der Waals surface area contributed by atoms with Gasteiger partial charge in [0.15, 0.2) is 0 Å². The zero-order chi connectivity index (χ0) is 21.1. The van der Waals surface area contributed by atoms with E-state index in [4.69, 9.17) is 0 Å². The molecule has 30 heavy (non-hydrogen) atoms. The predicted octanol–water partition coefficient (Wildman–Crippen LogP) is 4.19. The molecule has 1 aliphatic heterocycles. The van der Waals surface area contributed by atoms with Crippen LogP contribution in [-0.4, -0.2) is 31.7 Å². The Labute approximate surface area is 177 Å². The van der Waals surface area contributed by atoms with Crippen LogP contribution in [0.3, 0.4) is 0 Å². The lowest BCUT2D eigenvalue weighted by Gasteiger charge is -2.29. The Morgan fingerprint density at radius 3 is 2.47 bits per heavy atom. The van der Waals surface area contributed by atoms with E-state index in [1.54, 1.807) is 18.2 Å². The number of hydrogen-bond donors (Lipinski definition) is 1. The normalized spacial score (nSPS) is 15.9. The molecule has 0 radical (unpaired) electrons. The number of carbonyl (C=O) groups is 1. The number of carbonyl (C=O) groups excluding carboxylic acids is 1. The van der Waals surface area contributed by atoms with Gasteiger partial charge in [-0.15, -0.1) is 0 Å². The number of piperidine rings is 1. The molecule has 0 saturated carbocycles. The van der Waals surface area contributed by atoms with Crippen molar-refractivity contribution in [2.75, 3.05) is 13.1 Å². The van der Waals surface area contributed by atoms with Gasteiger partial charge in [-0.25, -0.2) is 8.42 Å². The van der Waals surface area contributed by atoms with Crippen LogP contribution in [0.15, 0.2) is 71.6 Å². The molecule has 156 valence electrons. The Balaban J connectivity index is 1.46. The molecule has 1 aliphatic rings. The molecule has 1 N–H and O–H groups in total. The first-order valence-electron chi connectivity index (χ1n) is 10.3. The molecule has 0 aromatic heterocycles. The monoisotopic (exact) mass is 422 g/mol. The van der Waals surface area contributed by atoms with Gasteiger partial charge in [-0.1, -0.05) is 49.4 Å². The summed E-state index contributed by atoms with van der Waals surface area (Å²) in [6.07, 6.45) is 1.73. The molecular formula is C24H26N2O3S. The largest absolute Gasteiger partial charge is 0.348 e. The molecule has 0 bridgehead atoms. The summed E-state index contributed by atoms with van der Waals surface area (Å²) in [7, 11) is -3.58. The minimum absolute atomic E-state index is 0.176. The summed E-state index contributed by atoms with van der Waals surface area (Å²) in [5, 5.41) is 5.17. The average Bonchev–Trinajstić information content (AvgIpc) is 2.77. The fourth-order valence-electron chi connectivity index (χ4n) is 3.81. The van der Waals surface area contributed by atoms with E-state index in [0.717, 1.165) is 29.2 Å². The van der Waals surface area contributed by atoms with Gasteiger partial charge in [-0.3, -0.25) is 4.79 Å². The third-order valence-corrected chi connectivity index (χ3v) is 7.64. The topological polar surface area (TPSA) is 66.5 Å². The van der Waals surface area contributed by atoms with Crippen LogP contribution in [-0.2, 0) is 16.6 Å². The van der Waals surface area contributed by atoms with Gasteiger partial charge in [-0.05, 0) is 59.4 Å². The van der Waals surface area contributed by atoms with E-state index >= 15 is 0 Å². The number of amides is 1. The highest BCUT2D eigenvalue weighted by Gasteiger charge is 2.28. The van der Waals surface area contributed by atoms with Gasteiger partial charge in [0.1, 0.15) is 0 Å². The zero-order valence-electron chi connectivity index (χ0n) is 17.0. The summed E-state index contributed by atoms with van der Waals surface area (Å²) in [5.74, 6) is 0.260. The lowest BCUT2D eigenvalue weighted by atomic mass is 10.0. The van der Waals surface area contributed by atoms with E-state index in [1.807, 2.05) is 42.5 Å². The van der Waals surface area contributed by atoms with E-state index in [1.165, 1.54) is 10.4 Å². The standard InChI is InChI=1S/C24H26N2O3S/c1-18-11-13-26(14-12-18)30(28,29)23-8-4-7-22(16-23)24(27)25-17-19-9-10-20-5-2-3-6-21(20)15-19/h2-10,15-16,18H,11-14,17H2,1H3,(H,25,27). The number of sulfonamides is 1. The molecule has 1 heterocycles. The van der Waals surface area contributed by atoms with Crippen LogP contribution in [0.25, 0.3) is 10.8 Å². The van der Waals surface area contributed by atoms with Crippen molar-refractivity contribution in [3.63, 3.8) is 0 Å². The van der Waals surface area contributed by atoms with Gasteiger partial charge >= 0.3 is 0 Å². The van der Waals surface area contributed by atoms with Crippen molar-refractivity contribution in [3.8, 4) is 0 Å². The fourth-order valence-corrected chi connectivity index (χ4v) is 5.32. The maximum absolute atomic E-state index is 13.0. The number of fused-ring (bicyclic) bond motifs is 1. The molecule has 5 nitrogen and oxygen atoms in total. The highest BCUT2D eigenvalue weighted by atomic mass is 32.2. The van der Waals surface area contributed by atoms with Crippen molar-refractivity contribution in [1.29, 1.82) is 0 Å².